The zero-order valence-corrected chi connectivity index (χ0v) is 13.8. The van der Waals surface area contributed by atoms with Gasteiger partial charge in [0.2, 0.25) is 5.91 Å². The van der Waals surface area contributed by atoms with Crippen LogP contribution in [0.1, 0.15) is 38.5 Å². The molecule has 0 spiro atoms. The summed E-state index contributed by atoms with van der Waals surface area (Å²) in [6.45, 7) is 0.588. The number of carbonyl (C=O) groups excluding carboxylic acids is 1. The molecule has 2 N–H and O–H groups in total. The van der Waals surface area contributed by atoms with Crippen LogP contribution in [0.2, 0.25) is 0 Å². The first-order valence-electron chi connectivity index (χ1n) is 7.99. The van der Waals surface area contributed by atoms with E-state index in [0.29, 0.717) is 18.5 Å². The second-order valence-corrected chi connectivity index (χ2v) is 7.09. The highest BCUT2D eigenvalue weighted by Gasteiger charge is 2.29. The molecule has 23 heavy (non-hydrogen) atoms. The first-order chi connectivity index (χ1) is 11.1. The predicted molar refractivity (Wildman–Crippen MR) is 89.5 cm³/mol. The number of thiophene rings is 1. The Bertz CT molecular complexity index is 746. The summed E-state index contributed by atoms with van der Waals surface area (Å²) in [7, 11) is 0. The number of amides is 1. The van der Waals surface area contributed by atoms with Gasteiger partial charge in [-0.1, -0.05) is 19.3 Å². The Morgan fingerprint density at radius 3 is 2.96 bits per heavy atom. The van der Waals surface area contributed by atoms with Gasteiger partial charge < -0.3 is 10.4 Å². The summed E-state index contributed by atoms with van der Waals surface area (Å²) in [5, 5.41) is 15.6. The van der Waals surface area contributed by atoms with Gasteiger partial charge in [-0.2, -0.15) is 0 Å². The van der Waals surface area contributed by atoms with Crippen molar-refractivity contribution in [3.8, 4) is 0 Å². The topological polar surface area (TPSA) is 84.2 Å². The number of fused-ring (bicyclic) bond motifs is 1. The molecule has 0 aliphatic heterocycles. The minimum Gasteiger partial charge on any atom is -0.388 e. The van der Waals surface area contributed by atoms with Gasteiger partial charge in [-0.3, -0.25) is 14.2 Å². The molecule has 1 aliphatic carbocycles. The molecule has 0 radical (unpaired) electrons. The highest BCUT2D eigenvalue weighted by Crippen LogP contribution is 2.27. The van der Waals surface area contributed by atoms with E-state index in [1.165, 1.54) is 22.2 Å². The monoisotopic (exact) mass is 335 g/mol. The molecule has 7 heteroatoms. The van der Waals surface area contributed by atoms with Crippen LogP contribution in [0.3, 0.4) is 0 Å². The summed E-state index contributed by atoms with van der Waals surface area (Å²) in [6, 6.07) is 1.75. The molecule has 0 bridgehead atoms. The van der Waals surface area contributed by atoms with Gasteiger partial charge >= 0.3 is 0 Å². The number of nitrogens with zero attached hydrogens (tertiary/aromatic N) is 2. The van der Waals surface area contributed by atoms with Gasteiger partial charge in [-0.25, -0.2) is 4.98 Å². The maximum atomic E-state index is 12.2. The van der Waals surface area contributed by atoms with Crippen molar-refractivity contribution >= 4 is 27.5 Å². The zero-order chi connectivity index (χ0) is 16.3. The Hall–Kier alpha value is -1.73. The van der Waals surface area contributed by atoms with Crippen LogP contribution in [0.5, 0.6) is 0 Å². The lowest BCUT2D eigenvalue weighted by Crippen LogP contribution is -2.44. The average molecular weight is 335 g/mol. The maximum Gasteiger partial charge on any atom is 0.262 e. The van der Waals surface area contributed by atoms with Crippen molar-refractivity contribution in [2.24, 2.45) is 0 Å². The Kier molecular flexibility index (Phi) is 4.77. The summed E-state index contributed by atoms with van der Waals surface area (Å²) in [5.41, 5.74) is -0.878. The Morgan fingerprint density at radius 1 is 1.39 bits per heavy atom. The fourth-order valence-corrected chi connectivity index (χ4v) is 3.74. The van der Waals surface area contributed by atoms with E-state index < -0.39 is 5.60 Å². The van der Waals surface area contributed by atoms with E-state index in [1.54, 1.807) is 6.07 Å². The van der Waals surface area contributed by atoms with E-state index in [1.807, 2.05) is 5.38 Å². The van der Waals surface area contributed by atoms with Crippen molar-refractivity contribution in [1.82, 2.24) is 14.9 Å². The highest BCUT2D eigenvalue weighted by atomic mass is 32.1. The molecule has 1 amide bonds. The molecule has 3 rings (SSSR count). The van der Waals surface area contributed by atoms with E-state index in [-0.39, 0.29) is 17.9 Å². The van der Waals surface area contributed by atoms with Crippen LogP contribution in [0.25, 0.3) is 10.2 Å². The minimum absolute atomic E-state index is 0.116. The lowest BCUT2D eigenvalue weighted by molar-refractivity contribution is -0.123. The van der Waals surface area contributed by atoms with Gasteiger partial charge in [0.25, 0.3) is 5.56 Å². The molecule has 124 valence electrons. The first kappa shape index (κ1) is 16.1. The Labute approximate surface area is 138 Å². The number of carbonyl (C=O) groups is 1. The number of nitrogens with one attached hydrogen (secondary N) is 1. The molecule has 2 heterocycles. The maximum absolute atomic E-state index is 12.2. The zero-order valence-electron chi connectivity index (χ0n) is 13.0. The fraction of sp³-hybridized carbons (Fsp3) is 0.562. The summed E-state index contributed by atoms with van der Waals surface area (Å²) in [4.78, 5) is 29.1. The second-order valence-electron chi connectivity index (χ2n) is 6.19. The first-order valence-corrected chi connectivity index (χ1v) is 8.87. The molecule has 2 aromatic rings. The van der Waals surface area contributed by atoms with Crippen LogP contribution in [-0.4, -0.2) is 32.7 Å². The molecule has 0 unspecified atom stereocenters. The van der Waals surface area contributed by atoms with E-state index in [0.717, 1.165) is 36.9 Å². The summed E-state index contributed by atoms with van der Waals surface area (Å²) in [5.74, 6) is -0.152. The Morgan fingerprint density at radius 2 is 2.17 bits per heavy atom. The lowest BCUT2D eigenvalue weighted by atomic mass is 9.85. The van der Waals surface area contributed by atoms with Gasteiger partial charge in [0.15, 0.2) is 0 Å². The smallest absolute Gasteiger partial charge is 0.262 e. The average Bonchev–Trinajstić information content (AvgIpc) is 3.03. The van der Waals surface area contributed by atoms with Crippen molar-refractivity contribution in [2.45, 2.75) is 50.7 Å². The van der Waals surface area contributed by atoms with Crippen molar-refractivity contribution in [1.29, 1.82) is 0 Å². The standard InChI is InChI=1S/C16H21N3O3S/c20-13(17-10-16(22)6-2-1-3-7-16)4-8-19-11-18-14-12(15(19)21)5-9-23-14/h5,9,11,22H,1-4,6-8,10H2,(H,17,20). The molecule has 6 nitrogen and oxygen atoms in total. The van der Waals surface area contributed by atoms with Crippen LogP contribution in [0, 0.1) is 0 Å². The molecule has 0 aromatic carbocycles. The van der Waals surface area contributed by atoms with Crippen LogP contribution < -0.4 is 10.9 Å². The Balaban J connectivity index is 1.54. The van der Waals surface area contributed by atoms with Crippen LogP contribution in [-0.2, 0) is 11.3 Å². The van der Waals surface area contributed by atoms with Crippen molar-refractivity contribution in [2.75, 3.05) is 6.54 Å². The molecule has 0 atom stereocenters. The predicted octanol–water partition coefficient (Wildman–Crippen LogP) is 1.66. The van der Waals surface area contributed by atoms with Crippen molar-refractivity contribution in [3.05, 3.63) is 28.1 Å². The van der Waals surface area contributed by atoms with Gasteiger partial charge in [-0.05, 0) is 24.3 Å². The molecule has 1 aliphatic rings. The largest absolute Gasteiger partial charge is 0.388 e. The minimum atomic E-state index is -0.762. The normalized spacial score (nSPS) is 17.3. The number of aryl methyl sites for hydroxylation is 1. The van der Waals surface area contributed by atoms with Crippen molar-refractivity contribution in [3.63, 3.8) is 0 Å². The quantitative estimate of drug-likeness (QED) is 0.870. The lowest BCUT2D eigenvalue weighted by Gasteiger charge is -2.32. The number of hydrogen-bond acceptors (Lipinski definition) is 5. The van der Waals surface area contributed by atoms with Gasteiger partial charge in [0.1, 0.15) is 4.83 Å². The summed E-state index contributed by atoms with van der Waals surface area (Å²) in [6.07, 6.45) is 6.34. The molecular weight excluding hydrogens is 314 g/mol. The second kappa shape index (κ2) is 6.80. The van der Waals surface area contributed by atoms with Crippen molar-refractivity contribution < 1.29 is 9.90 Å². The van der Waals surface area contributed by atoms with Gasteiger partial charge in [0.05, 0.1) is 17.3 Å². The van der Waals surface area contributed by atoms with Gasteiger partial charge in [-0.15, -0.1) is 11.3 Å². The SMILES string of the molecule is O=C(CCn1cnc2sccc2c1=O)NCC1(O)CCCCC1. The van der Waals surface area contributed by atoms with Crippen LogP contribution in [0.4, 0.5) is 0 Å². The number of rotatable bonds is 5. The van der Waals surface area contributed by atoms with Gasteiger partial charge in [0, 0.05) is 19.5 Å². The molecule has 2 aromatic heterocycles. The number of hydrogen-bond donors (Lipinski definition) is 2. The van der Waals surface area contributed by atoms with Crippen LogP contribution >= 0.6 is 11.3 Å². The molecular formula is C16H21N3O3S. The van der Waals surface area contributed by atoms with E-state index in [4.69, 9.17) is 0 Å². The number of aromatic nitrogens is 2. The summed E-state index contributed by atoms with van der Waals surface area (Å²) < 4.78 is 1.46. The van der Waals surface area contributed by atoms with Crippen LogP contribution in [0.15, 0.2) is 22.6 Å². The highest BCUT2D eigenvalue weighted by molar-refractivity contribution is 7.16. The third kappa shape index (κ3) is 3.79. The van der Waals surface area contributed by atoms with E-state index in [9.17, 15) is 14.7 Å². The fourth-order valence-electron chi connectivity index (χ4n) is 3.01. The number of aliphatic hydroxyl groups is 1. The third-order valence-electron chi connectivity index (χ3n) is 4.43. The van der Waals surface area contributed by atoms with E-state index in [2.05, 4.69) is 10.3 Å². The molecule has 1 saturated carbocycles. The summed E-state index contributed by atoms with van der Waals surface area (Å²) >= 11 is 1.43. The van der Waals surface area contributed by atoms with E-state index >= 15 is 0 Å². The molecule has 1 fully saturated rings. The molecule has 0 saturated heterocycles. The third-order valence-corrected chi connectivity index (χ3v) is 5.25.